The van der Waals surface area contributed by atoms with Crippen LogP contribution in [0.15, 0.2) is 40.0 Å². The van der Waals surface area contributed by atoms with Gasteiger partial charge in [0.05, 0.1) is 6.61 Å². The molecule has 0 fully saturated rings. The number of thiophene rings is 1. The van der Waals surface area contributed by atoms with E-state index in [-0.39, 0.29) is 24.0 Å². The number of guanidine groups is 1. The normalized spacial score (nSPS) is 10.9. The molecule has 2 aromatic rings. The average Bonchev–Trinajstić information content (AvgIpc) is 3.06. The highest BCUT2D eigenvalue weighted by Gasteiger charge is 2.05. The second-order valence-electron chi connectivity index (χ2n) is 5.28. The molecule has 6 heteroatoms. The summed E-state index contributed by atoms with van der Waals surface area (Å²) in [5.74, 6) is 1.75. The fourth-order valence-electron chi connectivity index (χ4n) is 2.26. The van der Waals surface area contributed by atoms with Crippen LogP contribution in [0.3, 0.4) is 0 Å². The predicted octanol–water partition coefficient (Wildman–Crippen LogP) is 3.98. The molecule has 1 aromatic heterocycles. The molecule has 1 aromatic carbocycles. The second-order valence-corrected chi connectivity index (χ2v) is 6.06. The molecular weight excluding hydrogens is 433 g/mol. The largest absolute Gasteiger partial charge is 0.494 e. The van der Waals surface area contributed by atoms with Crippen molar-refractivity contribution in [1.82, 2.24) is 10.6 Å². The van der Waals surface area contributed by atoms with Gasteiger partial charge in [0.15, 0.2) is 5.96 Å². The van der Waals surface area contributed by atoms with E-state index in [1.54, 1.807) is 18.4 Å². The lowest BCUT2D eigenvalue weighted by atomic mass is 10.1. The number of halogens is 1. The van der Waals surface area contributed by atoms with E-state index in [2.05, 4.69) is 57.6 Å². The van der Waals surface area contributed by atoms with E-state index in [1.165, 1.54) is 11.1 Å². The van der Waals surface area contributed by atoms with Crippen molar-refractivity contribution in [1.29, 1.82) is 0 Å². The van der Waals surface area contributed by atoms with Gasteiger partial charge in [0.25, 0.3) is 0 Å². The standard InChI is InChI=1S/C18H25N3OS.HI/c1-4-22-17-11-14(2)5-6-16(17)12-21-18(19-3)20-9-7-15-8-10-23-13-15;/h5-6,8,10-11,13H,4,7,9,12H2,1-3H3,(H2,19,20,21);1H. The molecule has 0 saturated carbocycles. The number of benzene rings is 1. The van der Waals surface area contributed by atoms with Crippen LogP contribution in [0.5, 0.6) is 5.75 Å². The average molecular weight is 459 g/mol. The van der Waals surface area contributed by atoms with Crippen molar-refractivity contribution in [3.63, 3.8) is 0 Å². The molecule has 0 spiro atoms. The van der Waals surface area contributed by atoms with Crippen molar-refractivity contribution in [2.45, 2.75) is 26.8 Å². The lowest BCUT2D eigenvalue weighted by molar-refractivity contribution is 0.336. The second kappa shape index (κ2) is 11.3. The van der Waals surface area contributed by atoms with E-state index in [0.717, 1.165) is 30.2 Å². The summed E-state index contributed by atoms with van der Waals surface area (Å²) in [7, 11) is 1.79. The zero-order valence-corrected chi connectivity index (χ0v) is 17.6. The van der Waals surface area contributed by atoms with Gasteiger partial charge in [0.1, 0.15) is 5.75 Å². The molecule has 0 atom stereocenters. The van der Waals surface area contributed by atoms with Crippen LogP contribution in [-0.4, -0.2) is 26.2 Å². The number of nitrogens with zero attached hydrogens (tertiary/aromatic N) is 1. The highest BCUT2D eigenvalue weighted by Crippen LogP contribution is 2.20. The van der Waals surface area contributed by atoms with Crippen LogP contribution in [-0.2, 0) is 13.0 Å². The summed E-state index contributed by atoms with van der Waals surface area (Å²) in [5, 5.41) is 11.0. The van der Waals surface area contributed by atoms with E-state index >= 15 is 0 Å². The lowest BCUT2D eigenvalue weighted by Gasteiger charge is -2.15. The fourth-order valence-corrected chi connectivity index (χ4v) is 2.96. The van der Waals surface area contributed by atoms with Crippen LogP contribution in [0, 0.1) is 6.92 Å². The molecule has 2 N–H and O–H groups in total. The molecule has 0 aliphatic rings. The molecule has 132 valence electrons. The first kappa shape index (κ1) is 20.8. The predicted molar refractivity (Wildman–Crippen MR) is 114 cm³/mol. The molecule has 24 heavy (non-hydrogen) atoms. The SMILES string of the molecule is CCOc1cc(C)ccc1CNC(=NC)NCCc1ccsc1.I. The Morgan fingerprint density at radius 1 is 1.25 bits per heavy atom. The van der Waals surface area contributed by atoms with E-state index in [4.69, 9.17) is 4.74 Å². The molecule has 2 rings (SSSR count). The maximum Gasteiger partial charge on any atom is 0.191 e. The van der Waals surface area contributed by atoms with E-state index < -0.39 is 0 Å². The number of hydrogen-bond donors (Lipinski definition) is 2. The summed E-state index contributed by atoms with van der Waals surface area (Å²) < 4.78 is 5.71. The Kier molecular flexibility index (Phi) is 9.78. The Bertz CT molecular complexity index is 629. The molecule has 0 aliphatic heterocycles. The van der Waals surface area contributed by atoms with Gasteiger partial charge >= 0.3 is 0 Å². The van der Waals surface area contributed by atoms with Crippen molar-refractivity contribution in [2.75, 3.05) is 20.2 Å². The molecule has 0 unspecified atom stereocenters. The van der Waals surface area contributed by atoms with Gasteiger partial charge in [-0.1, -0.05) is 12.1 Å². The topological polar surface area (TPSA) is 45.6 Å². The van der Waals surface area contributed by atoms with Gasteiger partial charge in [-0.3, -0.25) is 4.99 Å². The summed E-state index contributed by atoms with van der Waals surface area (Å²) in [6, 6.07) is 8.44. The Labute approximate surface area is 165 Å². The number of hydrogen-bond acceptors (Lipinski definition) is 3. The van der Waals surface area contributed by atoms with Crippen LogP contribution in [0.4, 0.5) is 0 Å². The fraction of sp³-hybridized carbons (Fsp3) is 0.389. The number of nitrogens with one attached hydrogen (secondary N) is 2. The van der Waals surface area contributed by atoms with Crippen LogP contribution in [0.25, 0.3) is 0 Å². The lowest BCUT2D eigenvalue weighted by Crippen LogP contribution is -2.37. The molecule has 0 radical (unpaired) electrons. The molecule has 0 amide bonds. The Morgan fingerprint density at radius 2 is 2.08 bits per heavy atom. The summed E-state index contributed by atoms with van der Waals surface area (Å²) >= 11 is 1.73. The maximum atomic E-state index is 5.71. The first-order chi connectivity index (χ1) is 11.2. The highest BCUT2D eigenvalue weighted by molar-refractivity contribution is 14.0. The number of rotatable bonds is 7. The van der Waals surface area contributed by atoms with Crippen molar-refractivity contribution < 1.29 is 4.74 Å². The number of aliphatic imine (C=N–C) groups is 1. The van der Waals surface area contributed by atoms with Crippen molar-refractivity contribution in [3.8, 4) is 5.75 Å². The summed E-state index contributed by atoms with van der Waals surface area (Å²) in [6.45, 7) is 6.30. The van der Waals surface area contributed by atoms with Gasteiger partial charge in [0, 0.05) is 25.7 Å². The molecule has 1 heterocycles. The van der Waals surface area contributed by atoms with Gasteiger partial charge in [-0.25, -0.2) is 0 Å². The summed E-state index contributed by atoms with van der Waals surface area (Å²) in [5.41, 5.74) is 3.70. The minimum Gasteiger partial charge on any atom is -0.494 e. The smallest absolute Gasteiger partial charge is 0.191 e. The Balaban J connectivity index is 0.00000288. The zero-order valence-electron chi connectivity index (χ0n) is 14.5. The Morgan fingerprint density at radius 3 is 2.75 bits per heavy atom. The molecule has 0 aliphatic carbocycles. The van der Waals surface area contributed by atoms with Crippen molar-refractivity contribution in [3.05, 3.63) is 51.7 Å². The quantitative estimate of drug-likeness (QED) is 0.374. The number of aryl methyl sites for hydroxylation is 1. The minimum absolute atomic E-state index is 0. The van der Waals surface area contributed by atoms with Crippen molar-refractivity contribution >= 4 is 41.3 Å². The monoisotopic (exact) mass is 459 g/mol. The van der Waals surface area contributed by atoms with Gasteiger partial charge in [-0.05, 0) is 54.3 Å². The van der Waals surface area contributed by atoms with Gasteiger partial charge in [-0.15, -0.1) is 24.0 Å². The van der Waals surface area contributed by atoms with E-state index in [9.17, 15) is 0 Å². The van der Waals surface area contributed by atoms with Crippen LogP contribution >= 0.6 is 35.3 Å². The Hall–Kier alpha value is -1.28. The third-order valence-corrected chi connectivity index (χ3v) is 4.21. The van der Waals surface area contributed by atoms with Crippen LogP contribution in [0.1, 0.15) is 23.6 Å². The minimum atomic E-state index is 0. The molecular formula is C18H26IN3OS. The zero-order chi connectivity index (χ0) is 16.5. The summed E-state index contributed by atoms with van der Waals surface area (Å²) in [4.78, 5) is 4.27. The van der Waals surface area contributed by atoms with Crippen LogP contribution < -0.4 is 15.4 Å². The van der Waals surface area contributed by atoms with E-state index in [0.29, 0.717) is 13.2 Å². The first-order valence-electron chi connectivity index (χ1n) is 7.91. The van der Waals surface area contributed by atoms with Crippen LogP contribution in [0.2, 0.25) is 0 Å². The number of ether oxygens (including phenoxy) is 1. The maximum absolute atomic E-state index is 5.71. The van der Waals surface area contributed by atoms with Gasteiger partial charge in [-0.2, -0.15) is 11.3 Å². The molecule has 0 bridgehead atoms. The summed E-state index contributed by atoms with van der Waals surface area (Å²) in [6.07, 6.45) is 0.999. The first-order valence-corrected chi connectivity index (χ1v) is 8.85. The highest BCUT2D eigenvalue weighted by atomic mass is 127. The van der Waals surface area contributed by atoms with Gasteiger partial charge in [0.2, 0.25) is 0 Å². The molecule has 4 nitrogen and oxygen atoms in total. The molecule has 0 saturated heterocycles. The van der Waals surface area contributed by atoms with E-state index in [1.807, 2.05) is 6.92 Å². The third-order valence-electron chi connectivity index (χ3n) is 3.48. The third kappa shape index (κ3) is 6.68. The van der Waals surface area contributed by atoms with Crippen molar-refractivity contribution in [2.24, 2.45) is 4.99 Å². The van der Waals surface area contributed by atoms with Gasteiger partial charge < -0.3 is 15.4 Å².